The van der Waals surface area contributed by atoms with E-state index >= 15 is 0 Å². The molecule has 4 aromatic rings. The van der Waals surface area contributed by atoms with E-state index in [0.717, 1.165) is 38.6 Å². The highest BCUT2D eigenvalue weighted by Gasteiger charge is 2.33. The molecular weight excluding hydrogens is 426 g/mol. The molecule has 0 saturated carbocycles. The number of aryl methyl sites for hydroxylation is 4. The maximum Gasteiger partial charge on any atom is 0.337 e. The Hall–Kier alpha value is -3.44. The standard InChI is InChI=1S/C29H31NO4/c1-15-8-11-19(12-9-15)22-17(3)23-21-14-16(2)10-13-20(21)27(31)30-25(23)18(4)24(22)26(28(32)33)34-29(5,6)7/h8-14,26H,1-7H3,(H,30,31)(H,32,33)/t26-/m0/s1. The first-order valence-electron chi connectivity index (χ1n) is 11.4. The van der Waals surface area contributed by atoms with Crippen LogP contribution < -0.4 is 0 Å². The van der Waals surface area contributed by atoms with E-state index in [1.54, 1.807) is 0 Å². The number of rotatable bonds is 4. The maximum absolute atomic E-state index is 12.5. The number of fused-ring (bicyclic) bond motifs is 3. The van der Waals surface area contributed by atoms with Crippen LogP contribution in [-0.4, -0.2) is 26.8 Å². The second-order valence-electron chi connectivity index (χ2n) is 10.1. The highest BCUT2D eigenvalue weighted by Crippen LogP contribution is 2.44. The van der Waals surface area contributed by atoms with Crippen molar-refractivity contribution in [2.24, 2.45) is 0 Å². The van der Waals surface area contributed by atoms with Crippen molar-refractivity contribution in [2.45, 2.75) is 60.2 Å². The number of aromatic nitrogens is 1. The SMILES string of the molecule is Cc1ccc(-c2c([C@H](OC(C)(C)C)C(=O)O)c(C)c3nc(O)c4ccc(C)cc4c3c2C)cc1. The summed E-state index contributed by atoms with van der Waals surface area (Å²) < 4.78 is 6.10. The summed E-state index contributed by atoms with van der Waals surface area (Å²) in [4.78, 5) is 17.1. The van der Waals surface area contributed by atoms with Gasteiger partial charge >= 0.3 is 5.97 Å². The summed E-state index contributed by atoms with van der Waals surface area (Å²) in [5.74, 6) is -1.13. The molecule has 0 spiro atoms. The smallest absolute Gasteiger partial charge is 0.337 e. The zero-order valence-corrected chi connectivity index (χ0v) is 20.8. The molecule has 0 bridgehead atoms. The minimum atomic E-state index is -1.20. The number of carbonyl (C=O) groups is 1. The van der Waals surface area contributed by atoms with Crippen molar-refractivity contribution >= 4 is 27.6 Å². The third-order valence-corrected chi connectivity index (χ3v) is 6.22. The molecule has 1 aromatic heterocycles. The Kier molecular flexibility index (Phi) is 5.86. The number of hydrogen-bond donors (Lipinski definition) is 2. The maximum atomic E-state index is 12.5. The summed E-state index contributed by atoms with van der Waals surface area (Å²) in [6, 6.07) is 14.0. The molecule has 5 heteroatoms. The van der Waals surface area contributed by atoms with Crippen molar-refractivity contribution in [1.82, 2.24) is 4.98 Å². The van der Waals surface area contributed by atoms with E-state index in [9.17, 15) is 15.0 Å². The number of hydrogen-bond acceptors (Lipinski definition) is 4. The van der Waals surface area contributed by atoms with Crippen molar-refractivity contribution in [2.75, 3.05) is 0 Å². The number of pyridine rings is 1. The molecule has 2 N–H and O–H groups in total. The molecule has 0 unspecified atom stereocenters. The lowest BCUT2D eigenvalue weighted by molar-refractivity contribution is -0.160. The summed E-state index contributed by atoms with van der Waals surface area (Å²) in [6.07, 6.45) is -1.20. The number of carboxylic acid groups (broad SMARTS) is 1. The fourth-order valence-corrected chi connectivity index (χ4v) is 4.71. The molecule has 0 radical (unpaired) electrons. The largest absolute Gasteiger partial charge is 0.493 e. The fraction of sp³-hybridized carbons (Fsp3) is 0.310. The molecule has 4 rings (SSSR count). The van der Waals surface area contributed by atoms with Crippen LogP contribution in [0.5, 0.6) is 5.88 Å². The molecule has 5 nitrogen and oxygen atoms in total. The second-order valence-corrected chi connectivity index (χ2v) is 10.1. The van der Waals surface area contributed by atoms with E-state index in [4.69, 9.17) is 4.74 Å². The fourth-order valence-electron chi connectivity index (χ4n) is 4.71. The van der Waals surface area contributed by atoms with Gasteiger partial charge in [0.05, 0.1) is 11.1 Å². The van der Waals surface area contributed by atoms with Crippen molar-refractivity contribution in [3.05, 3.63) is 70.3 Å². The molecule has 0 aliphatic rings. The van der Waals surface area contributed by atoms with Gasteiger partial charge in [0.1, 0.15) is 0 Å². The predicted molar refractivity (Wildman–Crippen MR) is 137 cm³/mol. The van der Waals surface area contributed by atoms with Gasteiger partial charge in [0.15, 0.2) is 6.10 Å². The van der Waals surface area contributed by atoms with E-state index in [0.29, 0.717) is 22.0 Å². The first kappa shape index (κ1) is 23.7. The average molecular weight is 458 g/mol. The third-order valence-electron chi connectivity index (χ3n) is 6.22. The van der Waals surface area contributed by atoms with E-state index in [1.165, 1.54) is 0 Å². The van der Waals surface area contributed by atoms with Gasteiger partial charge in [-0.15, -0.1) is 0 Å². The lowest BCUT2D eigenvalue weighted by atomic mass is 9.84. The Morgan fingerprint density at radius 3 is 2.12 bits per heavy atom. The summed E-state index contributed by atoms with van der Waals surface area (Å²) in [5, 5.41) is 23.5. The van der Waals surface area contributed by atoms with Crippen LogP contribution in [0, 0.1) is 27.7 Å². The highest BCUT2D eigenvalue weighted by atomic mass is 16.5. The summed E-state index contributed by atoms with van der Waals surface area (Å²) in [6.45, 7) is 13.4. The quantitative estimate of drug-likeness (QED) is 0.325. The molecule has 3 aromatic carbocycles. The summed E-state index contributed by atoms with van der Waals surface area (Å²) in [5.41, 5.74) is 6.00. The Bertz CT molecular complexity index is 1430. The van der Waals surface area contributed by atoms with Crippen LogP contribution in [0.2, 0.25) is 0 Å². The van der Waals surface area contributed by atoms with Gasteiger partial charge in [0.2, 0.25) is 5.88 Å². The molecule has 1 atom stereocenters. The van der Waals surface area contributed by atoms with Gasteiger partial charge < -0.3 is 14.9 Å². The molecule has 0 aliphatic carbocycles. The van der Waals surface area contributed by atoms with Crippen molar-refractivity contribution < 1.29 is 19.7 Å². The molecule has 176 valence electrons. The van der Waals surface area contributed by atoms with Gasteiger partial charge in [-0.3, -0.25) is 0 Å². The number of benzene rings is 3. The second kappa shape index (κ2) is 8.41. The van der Waals surface area contributed by atoms with Gasteiger partial charge in [0.25, 0.3) is 0 Å². The van der Waals surface area contributed by atoms with Gasteiger partial charge in [-0.2, -0.15) is 0 Å². The van der Waals surface area contributed by atoms with Gasteiger partial charge in [0, 0.05) is 16.3 Å². The Morgan fingerprint density at radius 2 is 1.53 bits per heavy atom. The lowest BCUT2D eigenvalue weighted by Crippen LogP contribution is -2.28. The zero-order chi connectivity index (χ0) is 24.9. The van der Waals surface area contributed by atoms with Gasteiger partial charge in [-0.05, 0) is 82.2 Å². The van der Waals surface area contributed by atoms with Crippen LogP contribution in [0.3, 0.4) is 0 Å². The summed E-state index contributed by atoms with van der Waals surface area (Å²) in [7, 11) is 0. The number of nitrogens with zero attached hydrogens (tertiary/aromatic N) is 1. The molecule has 0 saturated heterocycles. The Balaban J connectivity index is 2.23. The van der Waals surface area contributed by atoms with Crippen molar-refractivity contribution in [1.29, 1.82) is 0 Å². The third kappa shape index (κ3) is 4.12. The molecule has 1 heterocycles. The Morgan fingerprint density at radius 1 is 0.912 bits per heavy atom. The van der Waals surface area contributed by atoms with Crippen LogP contribution >= 0.6 is 0 Å². The van der Waals surface area contributed by atoms with Crippen LogP contribution in [0.25, 0.3) is 32.8 Å². The topological polar surface area (TPSA) is 79.7 Å². The van der Waals surface area contributed by atoms with Crippen LogP contribution in [0.15, 0.2) is 42.5 Å². The minimum Gasteiger partial charge on any atom is -0.493 e. The molecule has 0 fully saturated rings. The molecular formula is C29H31NO4. The molecule has 0 aliphatic heterocycles. The number of aromatic hydroxyl groups is 1. The number of aliphatic carboxylic acids is 1. The van der Waals surface area contributed by atoms with Crippen LogP contribution in [0.1, 0.15) is 54.7 Å². The van der Waals surface area contributed by atoms with E-state index in [1.807, 2.05) is 90.9 Å². The van der Waals surface area contributed by atoms with Crippen molar-refractivity contribution in [3.63, 3.8) is 0 Å². The zero-order valence-electron chi connectivity index (χ0n) is 20.8. The van der Waals surface area contributed by atoms with E-state index in [2.05, 4.69) is 4.98 Å². The number of ether oxygens (including phenoxy) is 1. The van der Waals surface area contributed by atoms with E-state index in [-0.39, 0.29) is 5.88 Å². The Labute approximate surface area is 200 Å². The minimum absolute atomic E-state index is 0.0670. The molecule has 34 heavy (non-hydrogen) atoms. The first-order valence-corrected chi connectivity index (χ1v) is 11.4. The predicted octanol–water partition coefficient (Wildman–Crippen LogP) is 6.94. The van der Waals surface area contributed by atoms with Crippen molar-refractivity contribution in [3.8, 4) is 17.0 Å². The molecule has 0 amide bonds. The monoisotopic (exact) mass is 457 g/mol. The number of carboxylic acids is 1. The highest BCUT2D eigenvalue weighted by molar-refractivity contribution is 6.13. The van der Waals surface area contributed by atoms with Crippen LogP contribution in [-0.2, 0) is 9.53 Å². The first-order chi connectivity index (χ1) is 15.9. The van der Waals surface area contributed by atoms with E-state index < -0.39 is 17.7 Å². The summed E-state index contributed by atoms with van der Waals surface area (Å²) >= 11 is 0. The van der Waals surface area contributed by atoms with Gasteiger partial charge in [-0.1, -0.05) is 47.5 Å². The average Bonchev–Trinajstić information content (AvgIpc) is 2.74. The normalized spacial score (nSPS) is 12.9. The lowest BCUT2D eigenvalue weighted by Gasteiger charge is -2.29. The van der Waals surface area contributed by atoms with Crippen LogP contribution in [0.4, 0.5) is 0 Å². The van der Waals surface area contributed by atoms with Gasteiger partial charge in [-0.25, -0.2) is 9.78 Å².